The molecule has 0 bridgehead atoms. The van der Waals surface area contributed by atoms with Crippen LogP contribution in [-0.2, 0) is 0 Å². The fourth-order valence-electron chi connectivity index (χ4n) is 1.43. The van der Waals surface area contributed by atoms with Gasteiger partial charge in [0.2, 0.25) is 0 Å². The number of hydrogen-bond donors (Lipinski definition) is 0. The normalized spacial score (nSPS) is 16.0. The molecule has 0 N–H and O–H groups in total. The molecule has 0 radical (unpaired) electrons. The SMILES string of the molecule is C1=Cc2cc3c(cc2=N1)OCN=3. The molecule has 0 aliphatic carbocycles. The van der Waals surface area contributed by atoms with Crippen molar-refractivity contribution in [1.82, 2.24) is 0 Å². The summed E-state index contributed by atoms with van der Waals surface area (Å²) in [5, 5.41) is 1.92. The van der Waals surface area contributed by atoms with E-state index in [-0.39, 0.29) is 0 Å². The first-order valence-electron chi connectivity index (χ1n) is 3.79. The highest BCUT2D eigenvalue weighted by Crippen LogP contribution is 2.08. The number of hydrogen-bond acceptors (Lipinski definition) is 3. The second kappa shape index (κ2) is 1.94. The zero-order valence-electron chi connectivity index (χ0n) is 6.32. The molecule has 2 heterocycles. The molecule has 1 aromatic rings. The molecule has 0 aromatic heterocycles. The number of ether oxygens (including phenoxy) is 1. The van der Waals surface area contributed by atoms with E-state index in [1.165, 1.54) is 0 Å². The molecule has 3 nitrogen and oxygen atoms in total. The predicted octanol–water partition coefficient (Wildman–Crippen LogP) is 0.260. The zero-order chi connectivity index (χ0) is 7.97. The van der Waals surface area contributed by atoms with Crippen molar-refractivity contribution >= 4 is 6.08 Å². The fourth-order valence-corrected chi connectivity index (χ4v) is 1.43. The lowest BCUT2D eigenvalue weighted by Crippen LogP contribution is -2.10. The summed E-state index contributed by atoms with van der Waals surface area (Å²) < 4.78 is 5.27. The molecular formula is C9H6N2O. The van der Waals surface area contributed by atoms with Gasteiger partial charge in [0.15, 0.2) is 6.73 Å². The van der Waals surface area contributed by atoms with Crippen molar-refractivity contribution in [3.63, 3.8) is 0 Å². The summed E-state index contributed by atoms with van der Waals surface area (Å²) in [5.74, 6) is 0.848. The van der Waals surface area contributed by atoms with Crippen LogP contribution in [0.15, 0.2) is 28.3 Å². The fraction of sp³-hybridized carbons (Fsp3) is 0.111. The molecule has 2 aliphatic rings. The van der Waals surface area contributed by atoms with Crippen molar-refractivity contribution < 1.29 is 4.74 Å². The number of rotatable bonds is 0. The van der Waals surface area contributed by atoms with Gasteiger partial charge in [0.25, 0.3) is 0 Å². The number of nitrogens with zero attached hydrogens (tertiary/aromatic N) is 2. The predicted molar refractivity (Wildman–Crippen MR) is 43.3 cm³/mol. The Morgan fingerprint density at radius 3 is 3.25 bits per heavy atom. The van der Waals surface area contributed by atoms with E-state index in [4.69, 9.17) is 4.74 Å². The van der Waals surface area contributed by atoms with Crippen LogP contribution in [-0.4, -0.2) is 6.73 Å². The molecule has 0 fully saturated rings. The topological polar surface area (TPSA) is 34.0 Å². The molecule has 0 saturated heterocycles. The monoisotopic (exact) mass is 158 g/mol. The first kappa shape index (κ1) is 5.94. The van der Waals surface area contributed by atoms with Crippen LogP contribution in [0.4, 0.5) is 0 Å². The molecule has 0 saturated carbocycles. The second-order valence-corrected chi connectivity index (χ2v) is 2.76. The van der Waals surface area contributed by atoms with Crippen LogP contribution in [0.5, 0.6) is 5.75 Å². The van der Waals surface area contributed by atoms with Crippen LogP contribution in [0, 0.1) is 0 Å². The van der Waals surface area contributed by atoms with Gasteiger partial charge in [0.1, 0.15) is 11.1 Å². The van der Waals surface area contributed by atoms with Crippen molar-refractivity contribution in [2.45, 2.75) is 0 Å². The van der Waals surface area contributed by atoms with Gasteiger partial charge < -0.3 is 4.74 Å². The van der Waals surface area contributed by atoms with Crippen LogP contribution in [0.25, 0.3) is 6.08 Å². The third kappa shape index (κ3) is 0.652. The van der Waals surface area contributed by atoms with Gasteiger partial charge in [-0.25, -0.2) is 4.99 Å². The standard InChI is InChI=1S/C9H6N2O/c1-2-10-7-4-9-8(3-6(1)7)11-5-12-9/h1-4H,5H2. The van der Waals surface area contributed by atoms with Crippen LogP contribution in [0.1, 0.15) is 5.56 Å². The van der Waals surface area contributed by atoms with Crippen molar-refractivity contribution in [2.75, 3.05) is 6.73 Å². The van der Waals surface area contributed by atoms with E-state index in [2.05, 4.69) is 9.98 Å². The Morgan fingerprint density at radius 2 is 2.25 bits per heavy atom. The molecule has 12 heavy (non-hydrogen) atoms. The Kier molecular flexibility index (Phi) is 0.961. The van der Waals surface area contributed by atoms with E-state index in [0.717, 1.165) is 22.0 Å². The molecule has 0 spiro atoms. The minimum absolute atomic E-state index is 0.446. The van der Waals surface area contributed by atoms with E-state index < -0.39 is 0 Å². The molecule has 58 valence electrons. The summed E-state index contributed by atoms with van der Waals surface area (Å²) in [6, 6.07) is 3.94. The van der Waals surface area contributed by atoms with Gasteiger partial charge in [-0.2, -0.15) is 0 Å². The highest BCUT2D eigenvalue weighted by atomic mass is 16.5. The average molecular weight is 158 g/mol. The van der Waals surface area contributed by atoms with Crippen LogP contribution >= 0.6 is 0 Å². The van der Waals surface area contributed by atoms with Crippen molar-refractivity contribution in [3.8, 4) is 5.75 Å². The van der Waals surface area contributed by atoms with Gasteiger partial charge in [-0.3, -0.25) is 4.99 Å². The summed E-state index contributed by atoms with van der Waals surface area (Å²) >= 11 is 0. The number of benzene rings is 1. The molecule has 1 aromatic carbocycles. The lowest BCUT2D eigenvalue weighted by Gasteiger charge is -1.94. The van der Waals surface area contributed by atoms with Crippen molar-refractivity contribution in [1.29, 1.82) is 0 Å². The van der Waals surface area contributed by atoms with Gasteiger partial charge in [0.05, 0.1) is 5.36 Å². The zero-order valence-corrected chi connectivity index (χ0v) is 6.32. The molecule has 3 rings (SSSR count). The smallest absolute Gasteiger partial charge is 0.180 e. The lowest BCUT2D eigenvalue weighted by atomic mass is 10.2. The van der Waals surface area contributed by atoms with E-state index in [1.54, 1.807) is 6.20 Å². The van der Waals surface area contributed by atoms with Crippen LogP contribution in [0.2, 0.25) is 0 Å². The van der Waals surface area contributed by atoms with Gasteiger partial charge >= 0.3 is 0 Å². The molecule has 0 unspecified atom stereocenters. The minimum atomic E-state index is 0.446. The third-order valence-electron chi connectivity index (χ3n) is 2.03. The Morgan fingerprint density at radius 1 is 1.25 bits per heavy atom. The Labute approximate surface area is 68.7 Å². The van der Waals surface area contributed by atoms with Gasteiger partial charge in [-0.15, -0.1) is 0 Å². The van der Waals surface area contributed by atoms with Crippen LogP contribution in [0.3, 0.4) is 0 Å². The van der Waals surface area contributed by atoms with E-state index >= 15 is 0 Å². The quantitative estimate of drug-likeness (QED) is 0.533. The van der Waals surface area contributed by atoms with E-state index in [1.807, 2.05) is 18.2 Å². The van der Waals surface area contributed by atoms with Crippen LogP contribution < -0.4 is 15.5 Å². The maximum absolute atomic E-state index is 5.27. The summed E-state index contributed by atoms with van der Waals surface area (Å²) in [6.07, 6.45) is 3.77. The maximum Gasteiger partial charge on any atom is 0.180 e. The highest BCUT2D eigenvalue weighted by molar-refractivity contribution is 5.53. The summed E-state index contributed by atoms with van der Waals surface area (Å²) in [4.78, 5) is 8.35. The van der Waals surface area contributed by atoms with Crippen molar-refractivity contribution in [3.05, 3.63) is 34.6 Å². The summed E-state index contributed by atoms with van der Waals surface area (Å²) in [7, 11) is 0. The second-order valence-electron chi connectivity index (χ2n) is 2.76. The highest BCUT2D eigenvalue weighted by Gasteiger charge is 2.08. The van der Waals surface area contributed by atoms with Gasteiger partial charge in [-0.05, 0) is 12.1 Å². The minimum Gasteiger partial charge on any atom is -0.469 e. The first-order chi connectivity index (χ1) is 5.93. The van der Waals surface area contributed by atoms with Crippen molar-refractivity contribution in [2.24, 2.45) is 9.98 Å². The maximum atomic E-state index is 5.27. The van der Waals surface area contributed by atoms with Gasteiger partial charge in [0, 0.05) is 17.8 Å². The Bertz CT molecular complexity index is 488. The molecule has 0 amide bonds. The Hall–Kier alpha value is -1.64. The Balaban J connectivity index is 2.45. The lowest BCUT2D eigenvalue weighted by molar-refractivity contribution is 0.352. The van der Waals surface area contributed by atoms with E-state index in [9.17, 15) is 0 Å². The van der Waals surface area contributed by atoms with E-state index in [0.29, 0.717) is 6.73 Å². The molecule has 0 atom stereocenters. The third-order valence-corrected chi connectivity index (χ3v) is 2.03. The number of fused-ring (bicyclic) bond motifs is 2. The molecule has 3 heteroatoms. The largest absolute Gasteiger partial charge is 0.469 e. The summed E-state index contributed by atoms with van der Waals surface area (Å²) in [6.45, 7) is 0.446. The molecule has 2 aliphatic heterocycles. The molecular weight excluding hydrogens is 152 g/mol. The first-order valence-corrected chi connectivity index (χ1v) is 3.79. The summed E-state index contributed by atoms with van der Waals surface area (Å²) in [5.41, 5.74) is 1.13. The average Bonchev–Trinajstić information content (AvgIpc) is 2.64. The van der Waals surface area contributed by atoms with Gasteiger partial charge in [-0.1, -0.05) is 0 Å².